The van der Waals surface area contributed by atoms with Crippen LogP contribution in [0.3, 0.4) is 0 Å². The molecule has 198 valence electrons. The van der Waals surface area contributed by atoms with Gasteiger partial charge in [-0.3, -0.25) is 0 Å². The zero-order valence-electron chi connectivity index (χ0n) is 23.7. The van der Waals surface area contributed by atoms with Crippen LogP contribution in [0.4, 0.5) is 0 Å². The number of hydrogen-bond acceptors (Lipinski definition) is 2. The van der Waals surface area contributed by atoms with Gasteiger partial charge in [-0.1, -0.05) is 83.2 Å². The van der Waals surface area contributed by atoms with Crippen LogP contribution in [0.5, 0.6) is 0 Å². The van der Waals surface area contributed by atoms with Gasteiger partial charge in [-0.25, -0.2) is 4.79 Å². The number of hydrogen-bond donors (Lipinski definition) is 0. The molecule has 4 aliphatic carbocycles. The predicted molar refractivity (Wildman–Crippen MR) is 149 cm³/mol. The van der Waals surface area contributed by atoms with Crippen LogP contribution in [0.25, 0.3) is 0 Å². The van der Waals surface area contributed by atoms with E-state index in [2.05, 4.69) is 34.6 Å². The zero-order chi connectivity index (χ0) is 25.5. The first kappa shape index (κ1) is 26.1. The van der Waals surface area contributed by atoms with Crippen LogP contribution in [-0.2, 0) is 4.74 Å². The monoisotopic (exact) mass is 490 g/mol. The van der Waals surface area contributed by atoms with Gasteiger partial charge in [-0.2, -0.15) is 0 Å². The first-order chi connectivity index (χ1) is 17.2. The summed E-state index contributed by atoms with van der Waals surface area (Å²) in [4.78, 5) is 12.7. The van der Waals surface area contributed by atoms with Gasteiger partial charge in [0.15, 0.2) is 0 Å². The molecule has 2 fully saturated rings. The Kier molecular flexibility index (Phi) is 7.45. The molecule has 5 rings (SSSR count). The van der Waals surface area contributed by atoms with E-state index in [0.29, 0.717) is 22.3 Å². The number of rotatable bonds is 7. The van der Waals surface area contributed by atoms with E-state index in [1.54, 1.807) is 0 Å². The molecule has 0 heterocycles. The Morgan fingerprint density at radius 1 is 0.972 bits per heavy atom. The third kappa shape index (κ3) is 4.71. The van der Waals surface area contributed by atoms with E-state index in [0.717, 1.165) is 36.5 Å². The Labute approximate surface area is 220 Å². The summed E-state index contributed by atoms with van der Waals surface area (Å²) >= 11 is 0. The Morgan fingerprint density at radius 3 is 2.50 bits per heavy atom. The molecule has 0 saturated heterocycles. The zero-order valence-corrected chi connectivity index (χ0v) is 23.7. The number of ether oxygens (including phenoxy) is 1. The number of carbonyl (C=O) groups is 1. The van der Waals surface area contributed by atoms with Gasteiger partial charge in [0.05, 0.1) is 5.56 Å². The maximum Gasteiger partial charge on any atom is 0.338 e. The SMILES string of the molecule is CC(C)CCC[C@@H](C)[C@H]1CC[C@@H]2C3=C(CC[C@@]21C)[C@@]1(C)CC[C@H](OC(=O)c2ccccc2)CC1CC3. The van der Waals surface area contributed by atoms with Crippen molar-refractivity contribution < 1.29 is 9.53 Å². The summed E-state index contributed by atoms with van der Waals surface area (Å²) in [7, 11) is 0. The predicted octanol–water partition coefficient (Wildman–Crippen LogP) is 9.40. The molecule has 7 atom stereocenters. The molecule has 2 saturated carbocycles. The molecule has 0 radical (unpaired) electrons. The Bertz CT molecular complexity index is 961. The van der Waals surface area contributed by atoms with Crippen molar-refractivity contribution in [3.05, 3.63) is 47.0 Å². The van der Waals surface area contributed by atoms with E-state index < -0.39 is 0 Å². The number of carbonyl (C=O) groups excluding carboxylic acids is 1. The number of benzene rings is 1. The van der Waals surface area contributed by atoms with Crippen molar-refractivity contribution in [3.8, 4) is 0 Å². The van der Waals surface area contributed by atoms with Gasteiger partial charge in [0.2, 0.25) is 0 Å². The second kappa shape index (κ2) is 10.3. The molecule has 0 amide bonds. The highest BCUT2D eigenvalue weighted by atomic mass is 16.5. The van der Waals surface area contributed by atoms with Gasteiger partial charge >= 0.3 is 5.97 Å². The quantitative estimate of drug-likeness (QED) is 0.281. The molecule has 1 aromatic carbocycles. The van der Waals surface area contributed by atoms with Gasteiger partial charge in [-0.05, 0) is 110 Å². The van der Waals surface area contributed by atoms with Crippen molar-refractivity contribution in [2.45, 2.75) is 118 Å². The molecule has 0 spiro atoms. The van der Waals surface area contributed by atoms with Crippen molar-refractivity contribution in [2.75, 3.05) is 0 Å². The molecular formula is C34H50O2. The first-order valence-electron chi connectivity index (χ1n) is 15.2. The van der Waals surface area contributed by atoms with Gasteiger partial charge in [0.1, 0.15) is 6.10 Å². The van der Waals surface area contributed by atoms with E-state index in [1.807, 2.05) is 41.5 Å². The van der Waals surface area contributed by atoms with Crippen molar-refractivity contribution in [1.29, 1.82) is 0 Å². The smallest absolute Gasteiger partial charge is 0.338 e. The van der Waals surface area contributed by atoms with E-state index in [-0.39, 0.29) is 12.1 Å². The standard InChI is InChI=1S/C34H50O2/c1-23(2)10-9-11-24(3)29-16-17-30-28-15-14-26-22-27(36-32(35)25-12-7-6-8-13-25)18-20-33(26,4)31(28)19-21-34(29,30)5/h6-8,12-13,23-24,26-27,29-30H,9-11,14-22H2,1-5H3/t24-,26?,27+,29-,30-,33+,34-/m1/s1. The molecule has 2 heteroatoms. The van der Waals surface area contributed by atoms with Crippen molar-refractivity contribution >= 4 is 5.97 Å². The van der Waals surface area contributed by atoms with Gasteiger partial charge in [-0.15, -0.1) is 0 Å². The molecule has 36 heavy (non-hydrogen) atoms. The molecule has 0 N–H and O–H groups in total. The number of esters is 1. The van der Waals surface area contributed by atoms with E-state index in [4.69, 9.17) is 4.74 Å². The summed E-state index contributed by atoms with van der Waals surface area (Å²) in [6, 6.07) is 9.52. The highest BCUT2D eigenvalue weighted by molar-refractivity contribution is 5.89. The minimum absolute atomic E-state index is 0.0781. The number of allylic oxidation sites excluding steroid dienone is 2. The van der Waals surface area contributed by atoms with Crippen LogP contribution in [0.1, 0.15) is 122 Å². The summed E-state index contributed by atoms with van der Waals surface area (Å²) in [6.45, 7) is 12.5. The topological polar surface area (TPSA) is 26.3 Å². The normalized spacial score (nSPS) is 36.7. The van der Waals surface area contributed by atoms with Crippen molar-refractivity contribution in [2.24, 2.45) is 40.4 Å². The van der Waals surface area contributed by atoms with E-state index in [1.165, 1.54) is 64.2 Å². The van der Waals surface area contributed by atoms with Crippen LogP contribution in [0, 0.1) is 40.4 Å². The van der Waals surface area contributed by atoms with Crippen LogP contribution >= 0.6 is 0 Å². The largest absolute Gasteiger partial charge is 0.459 e. The lowest BCUT2D eigenvalue weighted by Crippen LogP contribution is -2.46. The van der Waals surface area contributed by atoms with Gasteiger partial charge < -0.3 is 4.74 Å². The molecule has 1 aromatic rings. The molecule has 0 bridgehead atoms. The lowest BCUT2D eigenvalue weighted by molar-refractivity contribution is -0.0157. The van der Waals surface area contributed by atoms with Crippen LogP contribution in [0.2, 0.25) is 0 Å². The number of fused-ring (bicyclic) bond motifs is 4. The summed E-state index contributed by atoms with van der Waals surface area (Å²) in [5, 5.41) is 0. The van der Waals surface area contributed by atoms with Crippen molar-refractivity contribution in [3.63, 3.8) is 0 Å². The van der Waals surface area contributed by atoms with Gasteiger partial charge in [0, 0.05) is 0 Å². The molecular weight excluding hydrogens is 440 g/mol. The third-order valence-electron chi connectivity index (χ3n) is 11.4. The second-order valence-corrected chi connectivity index (χ2v) is 13.9. The van der Waals surface area contributed by atoms with Crippen LogP contribution in [-0.4, -0.2) is 12.1 Å². The summed E-state index contributed by atoms with van der Waals surface area (Å²) in [5.41, 5.74) is 5.26. The fraction of sp³-hybridized carbons (Fsp3) is 0.735. The van der Waals surface area contributed by atoms with E-state index in [9.17, 15) is 4.79 Å². The fourth-order valence-corrected chi connectivity index (χ4v) is 9.35. The lowest BCUT2D eigenvalue weighted by Gasteiger charge is -2.55. The first-order valence-corrected chi connectivity index (χ1v) is 15.2. The molecule has 2 nitrogen and oxygen atoms in total. The maximum absolute atomic E-state index is 12.7. The Balaban J connectivity index is 1.27. The maximum atomic E-state index is 12.7. The molecule has 0 aliphatic heterocycles. The molecule has 0 aromatic heterocycles. The van der Waals surface area contributed by atoms with Crippen molar-refractivity contribution in [1.82, 2.24) is 0 Å². The van der Waals surface area contributed by atoms with Crippen LogP contribution < -0.4 is 0 Å². The summed E-state index contributed by atoms with van der Waals surface area (Å²) in [5.74, 6) is 3.94. The average molecular weight is 491 g/mol. The fourth-order valence-electron chi connectivity index (χ4n) is 9.35. The summed E-state index contributed by atoms with van der Waals surface area (Å²) in [6.07, 6.45) is 15.7. The average Bonchev–Trinajstić information content (AvgIpc) is 3.22. The second-order valence-electron chi connectivity index (χ2n) is 13.9. The Hall–Kier alpha value is -1.57. The van der Waals surface area contributed by atoms with Gasteiger partial charge in [0.25, 0.3) is 0 Å². The summed E-state index contributed by atoms with van der Waals surface area (Å²) < 4.78 is 6.03. The highest BCUT2D eigenvalue weighted by Gasteiger charge is 2.56. The van der Waals surface area contributed by atoms with E-state index >= 15 is 0 Å². The highest BCUT2D eigenvalue weighted by Crippen LogP contribution is 2.66. The Morgan fingerprint density at radius 2 is 1.75 bits per heavy atom. The third-order valence-corrected chi connectivity index (χ3v) is 11.4. The lowest BCUT2D eigenvalue weighted by atomic mass is 9.50. The minimum atomic E-state index is -0.145. The molecule has 1 unspecified atom stereocenters. The van der Waals surface area contributed by atoms with Crippen LogP contribution in [0.15, 0.2) is 41.5 Å². The minimum Gasteiger partial charge on any atom is -0.459 e. The molecule has 4 aliphatic rings.